The van der Waals surface area contributed by atoms with E-state index >= 15 is 0 Å². The van der Waals surface area contributed by atoms with Crippen molar-refractivity contribution in [3.63, 3.8) is 0 Å². The normalized spacial score (nSPS) is 23.9. The number of nitrogens with one attached hydrogen (secondary N) is 1. The van der Waals surface area contributed by atoms with Gasteiger partial charge in [-0.25, -0.2) is 0 Å². The molecule has 1 aromatic rings. The molecule has 1 aliphatic rings. The minimum Gasteiger partial charge on any atom is -0.310 e. The summed E-state index contributed by atoms with van der Waals surface area (Å²) in [6, 6.07) is 9.89. The lowest BCUT2D eigenvalue weighted by molar-refractivity contribution is 0.475. The summed E-state index contributed by atoms with van der Waals surface area (Å²) < 4.78 is 0. The molecule has 3 atom stereocenters. The number of hydrogen-bond acceptors (Lipinski definition) is 1. The lowest BCUT2D eigenvalue weighted by atomic mass is 9.98. The lowest BCUT2D eigenvalue weighted by Crippen LogP contribution is -2.23. The highest BCUT2D eigenvalue weighted by Crippen LogP contribution is 2.46. The molecule has 1 nitrogen and oxygen atoms in total. The Labute approximate surface area is 112 Å². The van der Waals surface area contributed by atoms with Crippen molar-refractivity contribution in [2.45, 2.75) is 52.5 Å². The van der Waals surface area contributed by atoms with Gasteiger partial charge >= 0.3 is 0 Å². The first kappa shape index (κ1) is 13.6. The average Bonchev–Trinajstić information content (AvgIpc) is 3.11. The molecule has 1 heteroatoms. The Balaban J connectivity index is 2.01. The van der Waals surface area contributed by atoms with Crippen molar-refractivity contribution in [3.05, 3.63) is 35.4 Å². The van der Waals surface area contributed by atoms with Crippen LogP contribution in [0.15, 0.2) is 24.3 Å². The molecule has 0 heterocycles. The molecule has 1 aliphatic carbocycles. The maximum Gasteiger partial charge on any atom is 0.0351 e. The summed E-state index contributed by atoms with van der Waals surface area (Å²) in [5, 5.41) is 3.65. The van der Waals surface area contributed by atoms with Gasteiger partial charge in [-0.3, -0.25) is 0 Å². The fourth-order valence-corrected chi connectivity index (χ4v) is 2.82. The summed E-state index contributed by atoms with van der Waals surface area (Å²) in [5.74, 6) is 1.75. The zero-order valence-corrected chi connectivity index (χ0v) is 12.1. The highest BCUT2D eigenvalue weighted by molar-refractivity contribution is 5.27. The Hall–Kier alpha value is -0.820. The summed E-state index contributed by atoms with van der Waals surface area (Å²) in [6.45, 7) is 7.88. The van der Waals surface area contributed by atoms with Crippen molar-refractivity contribution in [2.75, 3.05) is 6.54 Å². The third-order valence-corrected chi connectivity index (χ3v) is 4.18. The summed E-state index contributed by atoms with van der Waals surface area (Å²) in [5.41, 5.74) is 2.96. The van der Waals surface area contributed by atoms with E-state index in [1.807, 2.05) is 0 Å². The Kier molecular flexibility index (Phi) is 4.82. The van der Waals surface area contributed by atoms with Crippen LogP contribution >= 0.6 is 0 Å². The van der Waals surface area contributed by atoms with Crippen LogP contribution in [-0.4, -0.2) is 6.54 Å². The highest BCUT2D eigenvalue weighted by atomic mass is 14.9. The van der Waals surface area contributed by atoms with E-state index in [0.29, 0.717) is 6.04 Å². The van der Waals surface area contributed by atoms with Crippen LogP contribution in [0.1, 0.15) is 57.2 Å². The average molecular weight is 245 g/mol. The molecule has 1 N–H and O–H groups in total. The number of aryl methyl sites for hydroxylation is 1. The van der Waals surface area contributed by atoms with Gasteiger partial charge in [0.15, 0.2) is 0 Å². The van der Waals surface area contributed by atoms with Gasteiger partial charge in [0, 0.05) is 6.04 Å². The summed E-state index contributed by atoms with van der Waals surface area (Å²) in [6.07, 6.45) is 5.19. The van der Waals surface area contributed by atoms with Crippen molar-refractivity contribution in [2.24, 2.45) is 11.8 Å². The smallest absolute Gasteiger partial charge is 0.0351 e. The van der Waals surface area contributed by atoms with E-state index in [2.05, 4.69) is 50.4 Å². The molecule has 0 aromatic heterocycles. The molecular weight excluding hydrogens is 218 g/mol. The predicted molar refractivity (Wildman–Crippen MR) is 78.7 cm³/mol. The van der Waals surface area contributed by atoms with E-state index in [1.54, 1.807) is 0 Å². The standard InChI is InChI=1S/C17H27N/c1-4-6-7-14-8-10-15(11-9-14)17(18-5-2)16-12-13(16)3/h8-11,13,16-18H,4-7,12H2,1-3H3. The number of rotatable bonds is 7. The van der Waals surface area contributed by atoms with Crippen LogP contribution in [0.25, 0.3) is 0 Å². The molecule has 1 saturated carbocycles. The van der Waals surface area contributed by atoms with Gasteiger partial charge in [-0.15, -0.1) is 0 Å². The maximum atomic E-state index is 3.65. The third kappa shape index (κ3) is 3.35. The van der Waals surface area contributed by atoms with Crippen molar-refractivity contribution in [1.29, 1.82) is 0 Å². The van der Waals surface area contributed by atoms with Gasteiger partial charge in [-0.2, -0.15) is 0 Å². The molecular formula is C17H27N. The van der Waals surface area contributed by atoms with Crippen LogP contribution in [-0.2, 0) is 6.42 Å². The largest absolute Gasteiger partial charge is 0.310 e. The maximum absolute atomic E-state index is 3.65. The van der Waals surface area contributed by atoms with Gasteiger partial charge in [0.2, 0.25) is 0 Å². The van der Waals surface area contributed by atoms with Gasteiger partial charge in [0.05, 0.1) is 0 Å². The number of benzene rings is 1. The Morgan fingerprint density at radius 2 is 1.89 bits per heavy atom. The van der Waals surface area contributed by atoms with E-state index in [0.717, 1.165) is 18.4 Å². The lowest BCUT2D eigenvalue weighted by Gasteiger charge is -2.18. The second kappa shape index (κ2) is 6.38. The first-order chi connectivity index (χ1) is 8.76. The van der Waals surface area contributed by atoms with Crippen LogP contribution in [0.4, 0.5) is 0 Å². The molecule has 1 aromatic carbocycles. The minimum absolute atomic E-state index is 0.574. The van der Waals surface area contributed by atoms with Crippen LogP contribution in [0.2, 0.25) is 0 Å². The molecule has 18 heavy (non-hydrogen) atoms. The summed E-state index contributed by atoms with van der Waals surface area (Å²) >= 11 is 0. The Morgan fingerprint density at radius 3 is 2.39 bits per heavy atom. The fraction of sp³-hybridized carbons (Fsp3) is 0.647. The number of hydrogen-bond donors (Lipinski definition) is 1. The Bertz CT molecular complexity index is 354. The van der Waals surface area contributed by atoms with E-state index in [9.17, 15) is 0 Å². The van der Waals surface area contributed by atoms with Crippen LogP contribution < -0.4 is 5.32 Å². The molecule has 0 amide bonds. The van der Waals surface area contributed by atoms with Crippen LogP contribution in [0.5, 0.6) is 0 Å². The van der Waals surface area contributed by atoms with Gasteiger partial charge < -0.3 is 5.32 Å². The number of unbranched alkanes of at least 4 members (excludes halogenated alkanes) is 1. The molecule has 0 radical (unpaired) electrons. The van der Waals surface area contributed by atoms with E-state index in [1.165, 1.54) is 36.8 Å². The zero-order valence-electron chi connectivity index (χ0n) is 12.1. The molecule has 100 valence electrons. The van der Waals surface area contributed by atoms with Crippen LogP contribution in [0.3, 0.4) is 0 Å². The topological polar surface area (TPSA) is 12.0 Å². The monoisotopic (exact) mass is 245 g/mol. The van der Waals surface area contributed by atoms with Crippen LogP contribution in [0, 0.1) is 11.8 Å². The molecule has 0 bridgehead atoms. The molecule has 2 rings (SSSR count). The quantitative estimate of drug-likeness (QED) is 0.753. The highest BCUT2D eigenvalue weighted by Gasteiger charge is 2.39. The van der Waals surface area contributed by atoms with Gasteiger partial charge in [-0.05, 0) is 48.8 Å². The third-order valence-electron chi connectivity index (χ3n) is 4.18. The molecule has 0 spiro atoms. The second-order valence-electron chi connectivity index (χ2n) is 5.76. The molecule has 0 aliphatic heterocycles. The van der Waals surface area contributed by atoms with Crippen molar-refractivity contribution in [3.8, 4) is 0 Å². The molecule has 0 saturated heterocycles. The molecule has 1 fully saturated rings. The van der Waals surface area contributed by atoms with Crippen molar-refractivity contribution in [1.82, 2.24) is 5.32 Å². The van der Waals surface area contributed by atoms with Gasteiger partial charge in [-0.1, -0.05) is 51.5 Å². The Morgan fingerprint density at radius 1 is 1.22 bits per heavy atom. The van der Waals surface area contributed by atoms with E-state index in [-0.39, 0.29) is 0 Å². The minimum atomic E-state index is 0.574. The fourth-order valence-electron chi connectivity index (χ4n) is 2.82. The van der Waals surface area contributed by atoms with E-state index in [4.69, 9.17) is 0 Å². The SMILES string of the molecule is CCCCc1ccc(C(NCC)C2CC2C)cc1. The van der Waals surface area contributed by atoms with Crippen molar-refractivity contribution < 1.29 is 0 Å². The summed E-state index contributed by atoms with van der Waals surface area (Å²) in [7, 11) is 0. The zero-order chi connectivity index (χ0) is 13.0. The predicted octanol–water partition coefficient (Wildman–Crippen LogP) is 4.34. The van der Waals surface area contributed by atoms with Gasteiger partial charge in [0.25, 0.3) is 0 Å². The van der Waals surface area contributed by atoms with E-state index < -0.39 is 0 Å². The van der Waals surface area contributed by atoms with Gasteiger partial charge in [0.1, 0.15) is 0 Å². The summed E-state index contributed by atoms with van der Waals surface area (Å²) in [4.78, 5) is 0. The first-order valence-electron chi connectivity index (χ1n) is 7.58. The second-order valence-corrected chi connectivity index (χ2v) is 5.76. The first-order valence-corrected chi connectivity index (χ1v) is 7.58. The molecule has 3 unspecified atom stereocenters. The van der Waals surface area contributed by atoms with Crippen molar-refractivity contribution >= 4 is 0 Å².